The van der Waals surface area contributed by atoms with Gasteiger partial charge in [-0.25, -0.2) is 0 Å². The van der Waals surface area contributed by atoms with Crippen LogP contribution in [0.5, 0.6) is 0 Å². The molecule has 0 radical (unpaired) electrons. The van der Waals surface area contributed by atoms with Crippen LogP contribution in [0.1, 0.15) is 31.8 Å². The molecule has 1 aromatic rings. The minimum absolute atomic E-state index is 0.193. The molecular formula is C14H20F3NO3S. The highest BCUT2D eigenvalue weighted by Gasteiger charge is 2.58. The van der Waals surface area contributed by atoms with Crippen molar-refractivity contribution in [3.63, 3.8) is 0 Å². The average Bonchev–Trinajstić information content (AvgIpc) is 2.82. The van der Waals surface area contributed by atoms with Crippen LogP contribution in [-0.4, -0.2) is 34.7 Å². The van der Waals surface area contributed by atoms with E-state index in [4.69, 9.17) is 4.42 Å². The molecule has 126 valence electrons. The van der Waals surface area contributed by atoms with Crippen molar-refractivity contribution in [2.24, 2.45) is 0 Å². The van der Waals surface area contributed by atoms with Gasteiger partial charge in [-0.2, -0.15) is 24.9 Å². The van der Waals surface area contributed by atoms with Gasteiger partial charge in [0.1, 0.15) is 11.5 Å². The first-order chi connectivity index (χ1) is 9.91. The van der Waals surface area contributed by atoms with Crippen molar-refractivity contribution < 1.29 is 27.5 Å². The lowest BCUT2D eigenvalue weighted by molar-refractivity contribution is -0.273. The number of carbonyl (C=O) groups is 1. The van der Waals surface area contributed by atoms with Crippen LogP contribution in [0.2, 0.25) is 0 Å². The number of hydrogen-bond donors (Lipinski definition) is 2. The molecule has 1 heterocycles. The summed E-state index contributed by atoms with van der Waals surface area (Å²) in [5.41, 5.74) is -3.34. The minimum Gasteiger partial charge on any atom is -0.463 e. The van der Waals surface area contributed by atoms with Gasteiger partial charge in [0.15, 0.2) is 0 Å². The summed E-state index contributed by atoms with van der Waals surface area (Å²) in [7, 11) is 0. The third-order valence-corrected chi connectivity index (χ3v) is 4.55. The van der Waals surface area contributed by atoms with E-state index < -0.39 is 29.9 Å². The molecular weight excluding hydrogens is 319 g/mol. The summed E-state index contributed by atoms with van der Waals surface area (Å²) in [6.07, 6.45) is -4.33. The molecule has 8 heteroatoms. The lowest BCUT2D eigenvalue weighted by Gasteiger charge is -2.29. The number of alkyl halides is 3. The Bertz CT molecular complexity index is 528. The maximum absolute atomic E-state index is 13.2. The molecule has 0 saturated heterocycles. The number of aryl methyl sites for hydroxylation is 1. The Morgan fingerprint density at radius 2 is 1.95 bits per heavy atom. The molecule has 0 aliphatic heterocycles. The minimum atomic E-state index is -5.02. The molecule has 4 nitrogen and oxygen atoms in total. The lowest BCUT2D eigenvalue weighted by Crippen LogP contribution is -2.47. The van der Waals surface area contributed by atoms with Crippen LogP contribution in [0.25, 0.3) is 0 Å². The summed E-state index contributed by atoms with van der Waals surface area (Å²) >= 11 is 1.47. The molecule has 1 atom stereocenters. The fraction of sp³-hybridized carbons (Fsp3) is 0.643. The molecule has 1 rings (SSSR count). The van der Waals surface area contributed by atoms with E-state index in [2.05, 4.69) is 5.32 Å². The van der Waals surface area contributed by atoms with Gasteiger partial charge in [0.05, 0.1) is 6.42 Å². The number of furan rings is 1. The summed E-state index contributed by atoms with van der Waals surface area (Å²) in [5.74, 6) is -1.35. The van der Waals surface area contributed by atoms with Crippen LogP contribution in [0.4, 0.5) is 13.2 Å². The van der Waals surface area contributed by atoms with Crippen molar-refractivity contribution in [2.75, 3.05) is 12.8 Å². The maximum atomic E-state index is 13.2. The van der Waals surface area contributed by atoms with Crippen molar-refractivity contribution in [3.8, 4) is 0 Å². The van der Waals surface area contributed by atoms with Gasteiger partial charge in [0.2, 0.25) is 11.5 Å². The monoisotopic (exact) mass is 339 g/mol. The third kappa shape index (κ3) is 4.42. The fourth-order valence-corrected chi connectivity index (χ4v) is 1.88. The molecule has 0 aromatic carbocycles. The second-order valence-electron chi connectivity index (χ2n) is 5.69. The number of carbonyl (C=O) groups excluding carboxylic acids is 1. The lowest BCUT2D eigenvalue weighted by atomic mass is 9.95. The van der Waals surface area contributed by atoms with Crippen LogP contribution in [0, 0.1) is 6.92 Å². The van der Waals surface area contributed by atoms with Crippen molar-refractivity contribution in [1.29, 1.82) is 0 Å². The summed E-state index contributed by atoms with van der Waals surface area (Å²) in [6, 6.07) is 2.34. The predicted molar refractivity (Wildman–Crippen MR) is 78.6 cm³/mol. The van der Waals surface area contributed by atoms with Gasteiger partial charge in [0.25, 0.3) is 0 Å². The van der Waals surface area contributed by atoms with Gasteiger partial charge < -0.3 is 14.8 Å². The summed E-state index contributed by atoms with van der Waals surface area (Å²) < 4.78 is 44.2. The van der Waals surface area contributed by atoms with E-state index in [9.17, 15) is 23.1 Å². The Balaban J connectivity index is 2.90. The van der Waals surface area contributed by atoms with E-state index in [1.807, 2.05) is 20.1 Å². The number of halogens is 3. The summed E-state index contributed by atoms with van der Waals surface area (Å²) in [6.45, 7) is 5.35. The summed E-state index contributed by atoms with van der Waals surface area (Å²) in [4.78, 5) is 11.8. The highest BCUT2D eigenvalue weighted by atomic mass is 32.2. The standard InChI is InChI=1S/C14H20F3NO3S/c1-9-5-6-10(21-9)13(20,14(15,16)17)7-11(19)18-8-12(2,3)22-4/h5-6,20H,7-8H2,1-4H3,(H,18,19). The molecule has 0 fully saturated rings. The Kier molecular flexibility index (Phi) is 5.61. The van der Waals surface area contributed by atoms with Crippen molar-refractivity contribution >= 4 is 17.7 Å². The fourth-order valence-electron chi connectivity index (χ4n) is 1.66. The molecule has 1 amide bonds. The molecule has 0 spiro atoms. The van der Waals surface area contributed by atoms with Crippen LogP contribution < -0.4 is 5.32 Å². The number of aliphatic hydroxyl groups is 1. The van der Waals surface area contributed by atoms with E-state index in [1.165, 1.54) is 24.8 Å². The third-order valence-electron chi connectivity index (χ3n) is 3.30. The topological polar surface area (TPSA) is 62.5 Å². The molecule has 1 aromatic heterocycles. The predicted octanol–water partition coefficient (Wildman–Crippen LogP) is 2.99. The number of rotatable bonds is 6. The number of hydrogen-bond acceptors (Lipinski definition) is 4. The maximum Gasteiger partial charge on any atom is 0.425 e. The molecule has 0 saturated carbocycles. The normalized spacial score (nSPS) is 15.5. The molecule has 0 aliphatic carbocycles. The van der Waals surface area contributed by atoms with Gasteiger partial charge in [0, 0.05) is 11.3 Å². The van der Waals surface area contributed by atoms with E-state index in [-0.39, 0.29) is 17.1 Å². The Hall–Kier alpha value is -1.15. The zero-order chi connectivity index (χ0) is 17.2. The Morgan fingerprint density at radius 1 is 1.36 bits per heavy atom. The smallest absolute Gasteiger partial charge is 0.425 e. The van der Waals surface area contributed by atoms with Gasteiger partial charge in [-0.15, -0.1) is 0 Å². The summed E-state index contributed by atoms with van der Waals surface area (Å²) in [5, 5.41) is 12.4. The molecule has 0 aliphatic rings. The van der Waals surface area contributed by atoms with E-state index >= 15 is 0 Å². The number of thioether (sulfide) groups is 1. The highest BCUT2D eigenvalue weighted by Crippen LogP contribution is 2.42. The van der Waals surface area contributed by atoms with Crippen molar-refractivity contribution in [2.45, 2.75) is 43.7 Å². The van der Waals surface area contributed by atoms with Crippen LogP contribution >= 0.6 is 11.8 Å². The van der Waals surface area contributed by atoms with Crippen LogP contribution in [0.15, 0.2) is 16.5 Å². The Labute approximate surface area is 131 Å². The second-order valence-corrected chi connectivity index (χ2v) is 7.20. The molecule has 0 bridgehead atoms. The van der Waals surface area contributed by atoms with E-state index in [0.717, 1.165) is 6.07 Å². The first-order valence-electron chi connectivity index (χ1n) is 6.59. The molecule has 1 unspecified atom stereocenters. The SMILES string of the molecule is CSC(C)(C)CNC(=O)CC(O)(c1ccc(C)o1)C(F)(F)F. The Morgan fingerprint density at radius 3 is 2.36 bits per heavy atom. The second kappa shape index (κ2) is 6.54. The zero-order valence-corrected chi connectivity index (χ0v) is 13.7. The van der Waals surface area contributed by atoms with Crippen LogP contribution in [-0.2, 0) is 10.4 Å². The molecule has 2 N–H and O–H groups in total. The van der Waals surface area contributed by atoms with Gasteiger partial charge >= 0.3 is 6.18 Å². The quantitative estimate of drug-likeness (QED) is 0.836. The van der Waals surface area contributed by atoms with E-state index in [0.29, 0.717) is 0 Å². The van der Waals surface area contributed by atoms with Gasteiger partial charge in [-0.1, -0.05) is 0 Å². The number of amides is 1. The van der Waals surface area contributed by atoms with Gasteiger partial charge in [-0.3, -0.25) is 4.79 Å². The van der Waals surface area contributed by atoms with Crippen LogP contribution in [0.3, 0.4) is 0 Å². The van der Waals surface area contributed by atoms with Crippen molar-refractivity contribution in [3.05, 3.63) is 23.7 Å². The number of nitrogens with one attached hydrogen (secondary N) is 1. The van der Waals surface area contributed by atoms with Crippen molar-refractivity contribution in [1.82, 2.24) is 5.32 Å². The first-order valence-corrected chi connectivity index (χ1v) is 7.81. The van der Waals surface area contributed by atoms with E-state index in [1.54, 1.807) is 0 Å². The average molecular weight is 339 g/mol. The highest BCUT2D eigenvalue weighted by molar-refractivity contribution is 7.99. The van der Waals surface area contributed by atoms with Gasteiger partial charge in [-0.05, 0) is 39.2 Å². The molecule has 22 heavy (non-hydrogen) atoms. The largest absolute Gasteiger partial charge is 0.463 e. The first kappa shape index (κ1) is 18.9. The zero-order valence-electron chi connectivity index (χ0n) is 12.9.